The van der Waals surface area contributed by atoms with Crippen LogP contribution in [0.25, 0.3) is 0 Å². The van der Waals surface area contributed by atoms with Crippen molar-refractivity contribution in [3.05, 3.63) is 52.0 Å². The van der Waals surface area contributed by atoms with Gasteiger partial charge in [0.25, 0.3) is 0 Å². The summed E-state index contributed by atoms with van der Waals surface area (Å²) in [6.07, 6.45) is 3.33. The molecular weight excluding hydrogens is 294 g/mol. The quantitative estimate of drug-likeness (QED) is 0.859. The highest BCUT2D eigenvalue weighted by Gasteiger charge is 2.32. The SMILES string of the molecule is Cc1ncsc1CNC(=O)N[C@@H](Cc1ccccc1)C1CC1. The zero-order chi connectivity index (χ0) is 15.4. The number of urea groups is 1. The molecule has 1 aliphatic carbocycles. The third-order valence-electron chi connectivity index (χ3n) is 4.06. The Morgan fingerprint density at radius 3 is 2.77 bits per heavy atom. The maximum atomic E-state index is 12.1. The fraction of sp³-hybridized carbons (Fsp3) is 0.412. The summed E-state index contributed by atoms with van der Waals surface area (Å²) in [5.41, 5.74) is 4.08. The van der Waals surface area contributed by atoms with Gasteiger partial charge in [0.05, 0.1) is 17.7 Å². The molecule has 1 aliphatic rings. The molecule has 0 unspecified atom stereocenters. The van der Waals surface area contributed by atoms with Gasteiger partial charge in [0.2, 0.25) is 0 Å². The number of hydrogen-bond acceptors (Lipinski definition) is 3. The lowest BCUT2D eigenvalue weighted by Gasteiger charge is -2.19. The summed E-state index contributed by atoms with van der Waals surface area (Å²) in [5, 5.41) is 6.09. The molecule has 2 N–H and O–H groups in total. The summed E-state index contributed by atoms with van der Waals surface area (Å²) in [6, 6.07) is 10.5. The maximum Gasteiger partial charge on any atom is 0.315 e. The molecule has 2 amide bonds. The van der Waals surface area contributed by atoms with Crippen LogP contribution in [0.4, 0.5) is 4.79 Å². The van der Waals surface area contributed by atoms with Crippen molar-refractivity contribution in [2.75, 3.05) is 0 Å². The number of rotatable bonds is 6. The maximum absolute atomic E-state index is 12.1. The molecule has 2 aromatic rings. The van der Waals surface area contributed by atoms with Gasteiger partial charge in [0.1, 0.15) is 0 Å². The second-order valence-corrected chi connectivity index (χ2v) is 6.76. The van der Waals surface area contributed by atoms with E-state index in [4.69, 9.17) is 0 Å². The minimum absolute atomic E-state index is 0.0827. The second kappa shape index (κ2) is 6.92. The van der Waals surface area contributed by atoms with Gasteiger partial charge < -0.3 is 10.6 Å². The van der Waals surface area contributed by atoms with Crippen LogP contribution in [0.2, 0.25) is 0 Å². The molecule has 5 heteroatoms. The van der Waals surface area contributed by atoms with Crippen LogP contribution >= 0.6 is 11.3 Å². The molecule has 0 saturated heterocycles. The van der Waals surface area contributed by atoms with Crippen LogP contribution in [0, 0.1) is 12.8 Å². The molecule has 1 aromatic heterocycles. The molecule has 1 fully saturated rings. The molecule has 0 radical (unpaired) electrons. The largest absolute Gasteiger partial charge is 0.335 e. The van der Waals surface area contributed by atoms with Crippen LogP contribution < -0.4 is 10.6 Å². The number of nitrogens with one attached hydrogen (secondary N) is 2. The van der Waals surface area contributed by atoms with E-state index in [1.54, 1.807) is 11.3 Å². The van der Waals surface area contributed by atoms with E-state index in [2.05, 4.69) is 27.8 Å². The van der Waals surface area contributed by atoms with Crippen molar-refractivity contribution in [3.8, 4) is 0 Å². The molecule has 22 heavy (non-hydrogen) atoms. The molecule has 0 spiro atoms. The first kappa shape index (κ1) is 15.0. The van der Waals surface area contributed by atoms with Gasteiger partial charge in [0, 0.05) is 10.9 Å². The van der Waals surface area contributed by atoms with Crippen LogP contribution in [-0.2, 0) is 13.0 Å². The molecule has 1 aromatic carbocycles. The van der Waals surface area contributed by atoms with Crippen LogP contribution in [0.5, 0.6) is 0 Å². The fourth-order valence-electron chi connectivity index (χ4n) is 2.58. The molecule has 1 heterocycles. The van der Waals surface area contributed by atoms with E-state index in [1.165, 1.54) is 18.4 Å². The summed E-state index contributed by atoms with van der Waals surface area (Å²) in [4.78, 5) is 17.5. The molecule has 0 aliphatic heterocycles. The van der Waals surface area contributed by atoms with E-state index < -0.39 is 0 Å². The Hall–Kier alpha value is -1.88. The minimum Gasteiger partial charge on any atom is -0.335 e. The zero-order valence-corrected chi connectivity index (χ0v) is 13.5. The summed E-state index contributed by atoms with van der Waals surface area (Å²) in [5.74, 6) is 0.621. The first-order valence-corrected chi connectivity index (χ1v) is 8.57. The topological polar surface area (TPSA) is 54.0 Å². The highest BCUT2D eigenvalue weighted by molar-refractivity contribution is 7.09. The third-order valence-corrected chi connectivity index (χ3v) is 5.00. The number of carbonyl (C=O) groups is 1. The molecule has 3 rings (SSSR count). The molecule has 0 bridgehead atoms. The van der Waals surface area contributed by atoms with Gasteiger partial charge in [-0.3, -0.25) is 0 Å². The van der Waals surface area contributed by atoms with Crippen molar-refractivity contribution in [1.29, 1.82) is 0 Å². The Labute approximate surface area is 135 Å². The van der Waals surface area contributed by atoms with Crippen LogP contribution in [0.3, 0.4) is 0 Å². The van der Waals surface area contributed by atoms with E-state index in [0.29, 0.717) is 12.5 Å². The smallest absolute Gasteiger partial charge is 0.315 e. The minimum atomic E-state index is -0.0827. The van der Waals surface area contributed by atoms with Crippen molar-refractivity contribution < 1.29 is 4.79 Å². The number of benzene rings is 1. The first-order chi connectivity index (χ1) is 10.7. The van der Waals surface area contributed by atoms with Gasteiger partial charge >= 0.3 is 6.03 Å². The fourth-order valence-corrected chi connectivity index (χ4v) is 3.29. The van der Waals surface area contributed by atoms with E-state index in [9.17, 15) is 4.79 Å². The van der Waals surface area contributed by atoms with E-state index in [0.717, 1.165) is 17.0 Å². The van der Waals surface area contributed by atoms with E-state index in [1.807, 2.05) is 30.6 Å². The van der Waals surface area contributed by atoms with Gasteiger partial charge in [0.15, 0.2) is 0 Å². The van der Waals surface area contributed by atoms with Crippen molar-refractivity contribution in [1.82, 2.24) is 15.6 Å². The van der Waals surface area contributed by atoms with E-state index >= 15 is 0 Å². The summed E-state index contributed by atoms with van der Waals surface area (Å²) >= 11 is 1.58. The van der Waals surface area contributed by atoms with Crippen molar-refractivity contribution in [2.45, 2.75) is 38.8 Å². The number of nitrogens with zero attached hydrogens (tertiary/aromatic N) is 1. The Morgan fingerprint density at radius 1 is 1.36 bits per heavy atom. The average molecular weight is 315 g/mol. The molecule has 4 nitrogen and oxygen atoms in total. The Bertz CT molecular complexity index is 622. The van der Waals surface area contributed by atoms with Crippen LogP contribution in [-0.4, -0.2) is 17.1 Å². The molecule has 116 valence electrons. The first-order valence-electron chi connectivity index (χ1n) is 7.69. The lowest BCUT2D eigenvalue weighted by atomic mass is 10.0. The van der Waals surface area contributed by atoms with Crippen molar-refractivity contribution >= 4 is 17.4 Å². The number of aromatic nitrogens is 1. The summed E-state index contributed by atoms with van der Waals surface area (Å²) in [7, 11) is 0. The van der Waals surface area contributed by atoms with Gasteiger partial charge in [-0.25, -0.2) is 9.78 Å². The highest BCUT2D eigenvalue weighted by atomic mass is 32.1. The average Bonchev–Trinajstić information content (AvgIpc) is 3.29. The Morgan fingerprint density at radius 2 is 2.14 bits per heavy atom. The van der Waals surface area contributed by atoms with Crippen LogP contribution in [0.1, 0.15) is 29.0 Å². The number of amides is 2. The summed E-state index contributed by atoms with van der Waals surface area (Å²) in [6.45, 7) is 2.51. The monoisotopic (exact) mass is 315 g/mol. The molecule has 1 atom stereocenters. The van der Waals surface area contributed by atoms with Gasteiger partial charge in [-0.2, -0.15) is 0 Å². The Kier molecular flexibility index (Phi) is 4.73. The van der Waals surface area contributed by atoms with Crippen LogP contribution in [0.15, 0.2) is 35.8 Å². The highest BCUT2D eigenvalue weighted by Crippen LogP contribution is 2.34. The van der Waals surface area contributed by atoms with Crippen molar-refractivity contribution in [3.63, 3.8) is 0 Å². The van der Waals surface area contributed by atoms with Gasteiger partial charge in [-0.05, 0) is 37.7 Å². The predicted octanol–water partition coefficient (Wildman–Crippen LogP) is 3.27. The van der Waals surface area contributed by atoms with Gasteiger partial charge in [-0.1, -0.05) is 30.3 Å². The normalized spacial score (nSPS) is 15.3. The summed E-state index contributed by atoms with van der Waals surface area (Å²) < 4.78 is 0. The Balaban J connectivity index is 1.52. The number of carbonyl (C=O) groups excluding carboxylic acids is 1. The van der Waals surface area contributed by atoms with E-state index in [-0.39, 0.29) is 12.1 Å². The number of thiazole rings is 1. The predicted molar refractivity (Wildman–Crippen MR) is 88.9 cm³/mol. The molecular formula is C17H21N3OS. The number of hydrogen-bond donors (Lipinski definition) is 2. The molecule has 1 saturated carbocycles. The number of aryl methyl sites for hydroxylation is 1. The van der Waals surface area contributed by atoms with Gasteiger partial charge in [-0.15, -0.1) is 11.3 Å². The standard InChI is InChI=1S/C17H21N3OS/c1-12-16(22-11-19-12)10-18-17(21)20-15(14-7-8-14)9-13-5-3-2-4-6-13/h2-6,11,14-15H,7-10H2,1H3,(H2,18,20,21)/t15-/m0/s1. The van der Waals surface area contributed by atoms with Crippen molar-refractivity contribution in [2.24, 2.45) is 5.92 Å². The lowest BCUT2D eigenvalue weighted by Crippen LogP contribution is -2.43. The second-order valence-electron chi connectivity index (χ2n) is 5.82. The zero-order valence-electron chi connectivity index (χ0n) is 12.7. The lowest BCUT2D eigenvalue weighted by molar-refractivity contribution is 0.235. The third kappa shape index (κ3) is 4.07.